The maximum Gasteiger partial charge on any atom is -0.147 e. The predicted molar refractivity (Wildman–Crippen MR) is 61.9 cm³/mol. The van der Waals surface area contributed by atoms with Crippen LogP contribution in [0.5, 0.6) is 0 Å². The van der Waals surface area contributed by atoms with Gasteiger partial charge in [-0.3, -0.25) is 0 Å². The molecule has 0 N–H and O–H groups in total. The van der Waals surface area contributed by atoms with Crippen molar-refractivity contribution < 1.29 is 24.4 Å². The first-order valence-corrected chi connectivity index (χ1v) is 6.27. The molecule has 0 bridgehead atoms. The van der Waals surface area contributed by atoms with Gasteiger partial charge in [0, 0.05) is 0 Å². The molecule has 1 aliphatic rings. The van der Waals surface area contributed by atoms with Crippen LogP contribution >= 0.6 is 24.8 Å². The van der Waals surface area contributed by atoms with E-state index in [1.165, 1.54) is 35.5 Å². The van der Waals surface area contributed by atoms with E-state index in [9.17, 15) is 0 Å². The van der Waals surface area contributed by atoms with Gasteiger partial charge in [0.15, 0.2) is 0 Å². The normalized spacial score (nSPS) is 18.2. The molecule has 0 spiro atoms. The van der Waals surface area contributed by atoms with Crippen LogP contribution in [0.1, 0.15) is 28.6 Å². The number of hydrogen-bond acceptors (Lipinski definition) is 0. The van der Waals surface area contributed by atoms with Crippen molar-refractivity contribution >= 4 is 30.4 Å². The van der Waals surface area contributed by atoms with Gasteiger partial charge in [0.1, 0.15) is 0 Å². The molecule has 0 amide bonds. The first-order valence-electron chi connectivity index (χ1n) is 4.19. The van der Waals surface area contributed by atoms with Gasteiger partial charge in [-0.15, -0.1) is 24.8 Å². The second-order valence-electron chi connectivity index (χ2n) is 3.33. The predicted octanol–water partition coefficient (Wildman–Crippen LogP) is 3.93. The Morgan fingerprint density at radius 2 is 1.64 bits per heavy atom. The van der Waals surface area contributed by atoms with Crippen LogP contribution in [0.4, 0.5) is 0 Å². The Morgan fingerprint density at radius 1 is 1.07 bits per heavy atom. The van der Waals surface area contributed by atoms with Gasteiger partial charge in [0.25, 0.3) is 0 Å². The molecular formula is C11H13Cl2Hf. The minimum atomic E-state index is 0. The van der Waals surface area contributed by atoms with Gasteiger partial charge in [0.2, 0.25) is 0 Å². The summed E-state index contributed by atoms with van der Waals surface area (Å²) >= 11 is 1.24. The molecule has 0 nitrogen and oxygen atoms in total. The largest absolute Gasteiger partial charge is 0.147 e. The molecule has 3 heteroatoms. The van der Waals surface area contributed by atoms with Crippen molar-refractivity contribution in [3.63, 3.8) is 0 Å². The third-order valence-corrected chi connectivity index (χ3v) is 5.37. The SMILES string of the molecule is CC1=C(C)[CH]([Hf])c2ccccc21.Cl.Cl. The fraction of sp³-hybridized carbons (Fsp3) is 0.273. The summed E-state index contributed by atoms with van der Waals surface area (Å²) in [4.78, 5) is 0. The van der Waals surface area contributed by atoms with Crippen LogP contribution in [0, 0.1) is 0 Å². The Morgan fingerprint density at radius 3 is 2.21 bits per heavy atom. The number of halogens is 2. The fourth-order valence-corrected chi connectivity index (χ4v) is 3.43. The third-order valence-electron chi connectivity index (χ3n) is 2.70. The molecule has 0 heterocycles. The summed E-state index contributed by atoms with van der Waals surface area (Å²) < 4.78 is 0.765. The summed E-state index contributed by atoms with van der Waals surface area (Å²) in [5.74, 6) is 0. The van der Waals surface area contributed by atoms with Crippen LogP contribution < -0.4 is 0 Å². The van der Waals surface area contributed by atoms with Crippen molar-refractivity contribution in [3.8, 4) is 0 Å². The molecule has 1 aliphatic carbocycles. The summed E-state index contributed by atoms with van der Waals surface area (Å²) in [5.41, 5.74) is 6.13. The quantitative estimate of drug-likeness (QED) is 0.585. The maximum atomic E-state index is 2.27. The molecule has 1 atom stereocenters. The minimum Gasteiger partial charge on any atom is -0.147 e. The van der Waals surface area contributed by atoms with E-state index in [1.807, 2.05) is 0 Å². The van der Waals surface area contributed by atoms with E-state index in [0.29, 0.717) is 0 Å². The smallest absolute Gasteiger partial charge is 0.147 e. The van der Waals surface area contributed by atoms with Crippen molar-refractivity contribution in [3.05, 3.63) is 41.0 Å². The average Bonchev–Trinajstić information content (AvgIpc) is 2.33. The summed E-state index contributed by atoms with van der Waals surface area (Å²) in [7, 11) is 0. The number of fused-ring (bicyclic) bond motifs is 1. The Kier molecular flexibility index (Phi) is 5.64. The van der Waals surface area contributed by atoms with Crippen LogP contribution in [0.15, 0.2) is 29.8 Å². The van der Waals surface area contributed by atoms with Crippen LogP contribution in [0.25, 0.3) is 5.57 Å². The van der Waals surface area contributed by atoms with Crippen LogP contribution in [0.2, 0.25) is 0 Å². The van der Waals surface area contributed by atoms with E-state index in [2.05, 4.69) is 38.1 Å². The summed E-state index contributed by atoms with van der Waals surface area (Å²) in [5, 5.41) is 0. The van der Waals surface area contributed by atoms with Gasteiger partial charge >= 0.3 is 88.4 Å². The summed E-state index contributed by atoms with van der Waals surface area (Å²) in [6.45, 7) is 4.51. The zero-order valence-corrected chi connectivity index (χ0v) is 13.4. The molecular weight excluding hydrogens is 382 g/mol. The Labute approximate surface area is 113 Å². The molecule has 1 unspecified atom stereocenters. The van der Waals surface area contributed by atoms with E-state index in [0.717, 1.165) is 3.67 Å². The third kappa shape index (κ3) is 2.15. The molecule has 0 radical (unpaired) electrons. The van der Waals surface area contributed by atoms with Gasteiger partial charge in [-0.25, -0.2) is 0 Å². The second kappa shape index (κ2) is 5.48. The molecule has 1 aromatic rings. The van der Waals surface area contributed by atoms with Crippen LogP contribution in [0.3, 0.4) is 0 Å². The molecule has 1 aromatic carbocycles. The molecule has 0 aliphatic heterocycles. The standard InChI is InChI=1S/C11H11.2ClH.Hf/c1-8-7-10-5-3-4-6-11(10)9(8)2;;;/h3-7H,1-2H3;2*1H;. The summed E-state index contributed by atoms with van der Waals surface area (Å²) in [6.07, 6.45) is 0. The second-order valence-corrected chi connectivity index (χ2v) is 5.40. The monoisotopic (exact) mass is 395 g/mol. The van der Waals surface area contributed by atoms with Crippen molar-refractivity contribution in [1.82, 2.24) is 0 Å². The van der Waals surface area contributed by atoms with Gasteiger partial charge in [0.05, 0.1) is 0 Å². The number of allylic oxidation sites excluding steroid dienone is 2. The molecule has 75 valence electrons. The van der Waals surface area contributed by atoms with Crippen LogP contribution in [-0.4, -0.2) is 0 Å². The van der Waals surface area contributed by atoms with Gasteiger partial charge in [-0.2, -0.15) is 0 Å². The van der Waals surface area contributed by atoms with Crippen molar-refractivity contribution in [1.29, 1.82) is 0 Å². The molecule has 0 saturated heterocycles. The molecule has 0 aromatic heterocycles. The van der Waals surface area contributed by atoms with E-state index in [-0.39, 0.29) is 24.8 Å². The van der Waals surface area contributed by atoms with E-state index < -0.39 is 0 Å². The van der Waals surface area contributed by atoms with Gasteiger partial charge < -0.3 is 0 Å². The van der Waals surface area contributed by atoms with Crippen molar-refractivity contribution in [2.24, 2.45) is 0 Å². The van der Waals surface area contributed by atoms with Gasteiger partial charge in [-0.1, -0.05) is 0 Å². The van der Waals surface area contributed by atoms with Crippen molar-refractivity contribution in [2.75, 3.05) is 0 Å². The first-order chi connectivity index (χ1) is 5.72. The van der Waals surface area contributed by atoms with E-state index in [1.54, 1.807) is 11.1 Å². The zero-order valence-electron chi connectivity index (χ0n) is 8.20. The van der Waals surface area contributed by atoms with Crippen LogP contribution in [-0.2, 0) is 24.4 Å². The Bertz CT molecular complexity index is 358. The number of benzene rings is 1. The fourth-order valence-electron chi connectivity index (χ4n) is 1.75. The molecule has 2 rings (SSSR count). The number of hydrogen-bond donors (Lipinski definition) is 0. The molecule has 0 saturated carbocycles. The zero-order chi connectivity index (χ0) is 8.72. The van der Waals surface area contributed by atoms with Gasteiger partial charge in [-0.05, 0) is 0 Å². The minimum absolute atomic E-state index is 0. The van der Waals surface area contributed by atoms with Crippen molar-refractivity contribution in [2.45, 2.75) is 17.5 Å². The first kappa shape index (κ1) is 14.4. The maximum absolute atomic E-state index is 2.27. The molecule has 0 fully saturated rings. The Hall–Kier alpha value is 0.410. The Balaban J connectivity index is 0.000000845. The topological polar surface area (TPSA) is 0 Å². The number of rotatable bonds is 0. The van der Waals surface area contributed by atoms with E-state index in [4.69, 9.17) is 0 Å². The average molecular weight is 395 g/mol. The summed E-state index contributed by atoms with van der Waals surface area (Å²) in [6, 6.07) is 8.80. The van der Waals surface area contributed by atoms with E-state index >= 15 is 0 Å². The molecule has 14 heavy (non-hydrogen) atoms.